The summed E-state index contributed by atoms with van der Waals surface area (Å²) in [6.07, 6.45) is 0.393. The fourth-order valence-corrected chi connectivity index (χ4v) is 1.27. The van der Waals surface area contributed by atoms with E-state index in [1.807, 2.05) is 24.3 Å². The molecule has 0 unspecified atom stereocenters. The van der Waals surface area contributed by atoms with Crippen LogP contribution in [0.5, 0.6) is 0 Å². The summed E-state index contributed by atoms with van der Waals surface area (Å²) in [4.78, 5) is 0. The summed E-state index contributed by atoms with van der Waals surface area (Å²) >= 11 is 0. The van der Waals surface area contributed by atoms with Crippen molar-refractivity contribution in [3.8, 4) is 6.07 Å². The lowest BCUT2D eigenvalue weighted by molar-refractivity contribution is 0.729. The van der Waals surface area contributed by atoms with Crippen molar-refractivity contribution in [2.24, 2.45) is 11.5 Å². The molecule has 0 aromatic heterocycles. The van der Waals surface area contributed by atoms with Gasteiger partial charge in [-0.1, -0.05) is 24.3 Å². The second-order valence-electron chi connectivity index (χ2n) is 2.88. The minimum Gasteiger partial charge on any atom is -0.329 e. The first-order valence-corrected chi connectivity index (χ1v) is 4.20. The highest BCUT2D eigenvalue weighted by Gasteiger charge is 2.07. The molecule has 1 aromatic carbocycles. The van der Waals surface area contributed by atoms with Gasteiger partial charge in [-0.05, 0) is 11.1 Å². The number of nitrogens with zero attached hydrogens (tertiary/aromatic N) is 1. The maximum Gasteiger partial charge on any atom is 0.0669 e. The number of hydrogen-bond donors (Lipinski definition) is 2. The van der Waals surface area contributed by atoms with Gasteiger partial charge >= 0.3 is 0 Å². The Balaban J connectivity index is 2.98. The second-order valence-corrected chi connectivity index (χ2v) is 2.88. The van der Waals surface area contributed by atoms with E-state index in [1.54, 1.807) is 0 Å². The van der Waals surface area contributed by atoms with E-state index in [0.717, 1.165) is 11.1 Å². The van der Waals surface area contributed by atoms with Crippen molar-refractivity contribution in [3.63, 3.8) is 0 Å². The monoisotopic (exact) mass is 175 g/mol. The Labute approximate surface area is 78.0 Å². The van der Waals surface area contributed by atoms with Gasteiger partial charge in [0, 0.05) is 12.6 Å². The maximum atomic E-state index is 8.58. The van der Waals surface area contributed by atoms with Gasteiger partial charge < -0.3 is 11.5 Å². The van der Waals surface area contributed by atoms with Crippen LogP contribution in [0.15, 0.2) is 24.3 Å². The summed E-state index contributed by atoms with van der Waals surface area (Å²) in [6.45, 7) is 0.405. The lowest BCUT2D eigenvalue weighted by Gasteiger charge is -2.12. The maximum absolute atomic E-state index is 8.58. The first-order valence-electron chi connectivity index (χ1n) is 4.20. The summed E-state index contributed by atoms with van der Waals surface area (Å²) < 4.78 is 0. The van der Waals surface area contributed by atoms with Gasteiger partial charge in [0.05, 0.1) is 12.5 Å². The number of hydrogen-bond acceptors (Lipinski definition) is 3. The Morgan fingerprint density at radius 3 is 2.69 bits per heavy atom. The van der Waals surface area contributed by atoms with Crippen LogP contribution < -0.4 is 11.5 Å². The largest absolute Gasteiger partial charge is 0.329 e. The van der Waals surface area contributed by atoms with Gasteiger partial charge in [-0.15, -0.1) is 0 Å². The highest BCUT2D eigenvalue weighted by atomic mass is 14.7. The molecule has 0 amide bonds. The van der Waals surface area contributed by atoms with Gasteiger partial charge in [0.2, 0.25) is 0 Å². The predicted octanol–water partition coefficient (Wildman–Crippen LogP) is 0.711. The molecule has 0 heterocycles. The van der Waals surface area contributed by atoms with Crippen LogP contribution in [0.3, 0.4) is 0 Å². The molecule has 0 saturated heterocycles. The van der Waals surface area contributed by atoms with Crippen molar-refractivity contribution >= 4 is 0 Å². The third-order valence-electron chi connectivity index (χ3n) is 1.98. The molecule has 1 atom stereocenters. The summed E-state index contributed by atoms with van der Waals surface area (Å²) in [5, 5.41) is 8.58. The van der Waals surface area contributed by atoms with Crippen LogP contribution in [0.1, 0.15) is 17.2 Å². The molecule has 0 radical (unpaired) electrons. The molecule has 0 aliphatic heterocycles. The summed E-state index contributed by atoms with van der Waals surface area (Å²) in [7, 11) is 0. The van der Waals surface area contributed by atoms with E-state index in [9.17, 15) is 0 Å². The quantitative estimate of drug-likeness (QED) is 0.710. The van der Waals surface area contributed by atoms with E-state index in [4.69, 9.17) is 16.7 Å². The van der Waals surface area contributed by atoms with Crippen molar-refractivity contribution in [3.05, 3.63) is 35.4 Å². The fourth-order valence-electron chi connectivity index (χ4n) is 1.27. The molecule has 0 aliphatic rings. The van der Waals surface area contributed by atoms with Crippen molar-refractivity contribution in [1.82, 2.24) is 0 Å². The molecule has 1 aromatic rings. The van der Waals surface area contributed by atoms with Crippen LogP contribution in [-0.2, 0) is 6.42 Å². The minimum atomic E-state index is -0.162. The summed E-state index contributed by atoms with van der Waals surface area (Å²) in [5.74, 6) is 0. The Hall–Kier alpha value is -1.37. The van der Waals surface area contributed by atoms with Crippen LogP contribution in [0.4, 0.5) is 0 Å². The smallest absolute Gasteiger partial charge is 0.0669 e. The molecule has 0 bridgehead atoms. The number of nitrogens with two attached hydrogens (primary N) is 2. The zero-order chi connectivity index (χ0) is 9.68. The van der Waals surface area contributed by atoms with Gasteiger partial charge in [0.1, 0.15) is 0 Å². The van der Waals surface area contributed by atoms with Crippen molar-refractivity contribution < 1.29 is 0 Å². The second kappa shape index (κ2) is 4.61. The Morgan fingerprint density at radius 2 is 2.08 bits per heavy atom. The van der Waals surface area contributed by atoms with Gasteiger partial charge in [-0.25, -0.2) is 0 Å². The molecule has 0 fully saturated rings. The Bertz CT molecular complexity index is 314. The third kappa shape index (κ3) is 2.28. The average Bonchev–Trinajstić information content (AvgIpc) is 2.18. The topological polar surface area (TPSA) is 75.8 Å². The molecule has 0 saturated carbocycles. The van der Waals surface area contributed by atoms with E-state index < -0.39 is 0 Å². The molecular formula is C10H13N3. The summed E-state index contributed by atoms with van der Waals surface area (Å²) in [5.41, 5.74) is 13.2. The van der Waals surface area contributed by atoms with Gasteiger partial charge in [-0.3, -0.25) is 0 Å². The molecule has 0 spiro atoms. The van der Waals surface area contributed by atoms with E-state index >= 15 is 0 Å². The molecular weight excluding hydrogens is 162 g/mol. The molecule has 1 rings (SSSR count). The average molecular weight is 175 g/mol. The van der Waals surface area contributed by atoms with E-state index in [0.29, 0.717) is 13.0 Å². The van der Waals surface area contributed by atoms with Crippen LogP contribution in [0.25, 0.3) is 0 Å². The zero-order valence-electron chi connectivity index (χ0n) is 7.40. The van der Waals surface area contributed by atoms with Crippen LogP contribution in [-0.4, -0.2) is 6.54 Å². The normalized spacial score (nSPS) is 12.1. The molecule has 3 nitrogen and oxygen atoms in total. The molecule has 4 N–H and O–H groups in total. The van der Waals surface area contributed by atoms with Crippen LogP contribution in [0.2, 0.25) is 0 Å². The number of benzene rings is 1. The van der Waals surface area contributed by atoms with E-state index in [2.05, 4.69) is 6.07 Å². The third-order valence-corrected chi connectivity index (χ3v) is 1.98. The Kier molecular flexibility index (Phi) is 3.44. The Morgan fingerprint density at radius 1 is 1.38 bits per heavy atom. The fraction of sp³-hybridized carbons (Fsp3) is 0.300. The van der Waals surface area contributed by atoms with Crippen molar-refractivity contribution in [2.45, 2.75) is 12.5 Å². The van der Waals surface area contributed by atoms with Crippen LogP contribution in [0, 0.1) is 11.3 Å². The predicted molar refractivity (Wildman–Crippen MR) is 51.7 cm³/mol. The standard InChI is InChI=1S/C10H13N3/c11-6-5-8-3-1-2-4-9(8)10(13)7-12/h1-4,10H,5,7,12-13H2/t10-/m0/s1. The van der Waals surface area contributed by atoms with Crippen molar-refractivity contribution in [1.29, 1.82) is 5.26 Å². The summed E-state index contributed by atoms with van der Waals surface area (Å²) in [6, 6.07) is 9.59. The highest BCUT2D eigenvalue weighted by Crippen LogP contribution is 2.15. The minimum absolute atomic E-state index is 0.162. The van der Waals surface area contributed by atoms with Gasteiger partial charge in [0.15, 0.2) is 0 Å². The lowest BCUT2D eigenvalue weighted by atomic mass is 9.99. The lowest BCUT2D eigenvalue weighted by Crippen LogP contribution is -2.21. The van der Waals surface area contributed by atoms with Gasteiger partial charge in [0.25, 0.3) is 0 Å². The van der Waals surface area contributed by atoms with Crippen molar-refractivity contribution in [2.75, 3.05) is 6.54 Å². The van der Waals surface area contributed by atoms with Gasteiger partial charge in [-0.2, -0.15) is 5.26 Å². The number of rotatable bonds is 3. The molecule has 0 aliphatic carbocycles. The number of nitriles is 1. The zero-order valence-corrected chi connectivity index (χ0v) is 7.40. The first-order chi connectivity index (χ1) is 6.29. The first kappa shape index (κ1) is 9.72. The SMILES string of the molecule is N#CCc1ccccc1[C@@H](N)CN. The van der Waals surface area contributed by atoms with Crippen LogP contribution >= 0.6 is 0 Å². The van der Waals surface area contributed by atoms with E-state index in [-0.39, 0.29) is 6.04 Å². The van der Waals surface area contributed by atoms with E-state index in [1.165, 1.54) is 0 Å². The molecule has 13 heavy (non-hydrogen) atoms. The molecule has 3 heteroatoms. The molecule has 68 valence electrons. The highest BCUT2D eigenvalue weighted by molar-refractivity contribution is 5.31.